The van der Waals surface area contributed by atoms with Gasteiger partial charge in [-0.05, 0) is 49.4 Å². The van der Waals surface area contributed by atoms with Crippen LogP contribution in [-0.4, -0.2) is 96.7 Å². The number of carbonyl (C=O) groups is 4. The number of phosphoric ester groups is 2. The maximum atomic E-state index is 13.0. The average Bonchev–Trinajstić information content (AvgIpc) is 3.63. The van der Waals surface area contributed by atoms with Gasteiger partial charge in [-0.1, -0.05) is 287 Å². The smallest absolute Gasteiger partial charge is 0.462 e. The van der Waals surface area contributed by atoms with Crippen molar-refractivity contribution in [2.24, 2.45) is 23.7 Å². The molecule has 522 valence electrons. The van der Waals surface area contributed by atoms with Gasteiger partial charge in [0.25, 0.3) is 0 Å². The van der Waals surface area contributed by atoms with E-state index in [1.165, 1.54) is 135 Å². The number of carbonyl (C=O) groups excluding carboxylic acids is 4. The van der Waals surface area contributed by atoms with Crippen LogP contribution in [0.1, 0.15) is 338 Å². The fraction of sp³-hybridized carbons (Fsp3) is 0.942. The summed E-state index contributed by atoms with van der Waals surface area (Å²) in [5, 5.41) is 10.6. The van der Waals surface area contributed by atoms with E-state index < -0.39 is 97.5 Å². The molecule has 7 atom stereocenters. The summed E-state index contributed by atoms with van der Waals surface area (Å²) in [6, 6.07) is 0. The molecule has 88 heavy (non-hydrogen) atoms. The maximum absolute atomic E-state index is 13.0. The van der Waals surface area contributed by atoms with E-state index in [9.17, 15) is 43.2 Å². The van der Waals surface area contributed by atoms with Gasteiger partial charge in [-0.25, -0.2) is 9.13 Å². The molecule has 0 fully saturated rings. The van der Waals surface area contributed by atoms with Crippen LogP contribution in [0.2, 0.25) is 0 Å². The van der Waals surface area contributed by atoms with Crippen LogP contribution in [0.3, 0.4) is 0 Å². The predicted molar refractivity (Wildman–Crippen MR) is 354 cm³/mol. The van der Waals surface area contributed by atoms with Crippen LogP contribution in [-0.2, 0) is 65.4 Å². The van der Waals surface area contributed by atoms with Crippen molar-refractivity contribution in [2.45, 2.75) is 356 Å². The molecular weight excluding hydrogens is 1160 g/mol. The molecule has 17 nitrogen and oxygen atoms in total. The van der Waals surface area contributed by atoms with E-state index in [4.69, 9.17) is 37.0 Å². The standard InChI is InChI=1S/C69H134O17P2/c1-9-61(7)47-39-31-23-18-19-25-35-43-51-68(73)85-64(55-79-66(71)49-41-33-24-17-15-13-11-12-14-16-21-29-37-45-59(3)4)57-83-87(75,76)81-53-63(70)54-82-88(77,78)84-58-65(86-69(74)52-44-36-28-27-32-40-48-62(8)10-2)56-80-67(72)50-42-34-26-20-22-30-38-46-60(5)6/h59-65,70H,9-58H2,1-8H3,(H,75,76)(H,77,78)/t61?,62?,63?,64-,65-/m1/s1. The van der Waals surface area contributed by atoms with Gasteiger partial charge in [0.05, 0.1) is 26.4 Å². The molecule has 19 heteroatoms. The molecule has 0 aliphatic rings. The maximum Gasteiger partial charge on any atom is 0.472 e. The van der Waals surface area contributed by atoms with Crippen molar-refractivity contribution in [3.63, 3.8) is 0 Å². The van der Waals surface area contributed by atoms with E-state index in [0.717, 1.165) is 114 Å². The van der Waals surface area contributed by atoms with Crippen LogP contribution in [0.5, 0.6) is 0 Å². The lowest BCUT2D eigenvalue weighted by atomic mass is 9.99. The first-order valence-electron chi connectivity index (χ1n) is 35.8. The third-order valence-corrected chi connectivity index (χ3v) is 18.4. The Kier molecular flexibility index (Phi) is 57.6. The highest BCUT2D eigenvalue weighted by Gasteiger charge is 2.30. The van der Waals surface area contributed by atoms with Crippen molar-refractivity contribution < 1.29 is 80.2 Å². The van der Waals surface area contributed by atoms with Gasteiger partial charge in [0.1, 0.15) is 19.3 Å². The number of ether oxygens (including phenoxy) is 4. The van der Waals surface area contributed by atoms with Crippen molar-refractivity contribution in [3.8, 4) is 0 Å². The van der Waals surface area contributed by atoms with E-state index in [1.54, 1.807) is 0 Å². The predicted octanol–water partition coefficient (Wildman–Crippen LogP) is 19.3. The second-order valence-electron chi connectivity index (χ2n) is 26.4. The van der Waals surface area contributed by atoms with Gasteiger partial charge in [0.2, 0.25) is 0 Å². The Labute approximate surface area is 537 Å². The summed E-state index contributed by atoms with van der Waals surface area (Å²) < 4.78 is 68.2. The molecule has 3 N–H and O–H groups in total. The zero-order chi connectivity index (χ0) is 65.4. The molecule has 0 aromatic rings. The number of unbranched alkanes of at least 4 members (excludes halogenated alkanes) is 30. The Bertz CT molecular complexity index is 1750. The Hall–Kier alpha value is -1.94. The molecule has 0 saturated carbocycles. The summed E-state index contributed by atoms with van der Waals surface area (Å²) >= 11 is 0. The summed E-state index contributed by atoms with van der Waals surface area (Å²) in [6.45, 7) is 14.0. The van der Waals surface area contributed by atoms with E-state index in [-0.39, 0.29) is 25.7 Å². The summed E-state index contributed by atoms with van der Waals surface area (Å²) in [7, 11) is -9.90. The Morgan fingerprint density at radius 3 is 0.807 bits per heavy atom. The molecule has 0 aromatic heterocycles. The van der Waals surface area contributed by atoms with E-state index in [0.29, 0.717) is 31.6 Å². The van der Waals surface area contributed by atoms with E-state index in [1.807, 2.05) is 0 Å². The third kappa shape index (κ3) is 60.3. The molecule has 5 unspecified atom stereocenters. The number of aliphatic hydroxyl groups is 1. The van der Waals surface area contributed by atoms with Gasteiger partial charge < -0.3 is 33.8 Å². The van der Waals surface area contributed by atoms with Gasteiger partial charge in [0.15, 0.2) is 12.2 Å². The molecule has 0 spiro atoms. The van der Waals surface area contributed by atoms with Gasteiger partial charge in [-0.15, -0.1) is 0 Å². The van der Waals surface area contributed by atoms with Crippen LogP contribution in [0, 0.1) is 23.7 Å². The topological polar surface area (TPSA) is 237 Å². The van der Waals surface area contributed by atoms with Crippen molar-refractivity contribution in [1.82, 2.24) is 0 Å². The Morgan fingerprint density at radius 1 is 0.318 bits per heavy atom. The SMILES string of the molecule is CCC(C)CCCCCCCCCCC(=O)O[C@H](COC(=O)CCCCCCCCCCCCCCCC(C)C)COP(=O)(O)OCC(O)COP(=O)(O)OC[C@@H](COC(=O)CCCCCCCCCC(C)C)OC(=O)CCCCCCCCC(C)CC. The van der Waals surface area contributed by atoms with Crippen LogP contribution < -0.4 is 0 Å². The lowest BCUT2D eigenvalue weighted by molar-refractivity contribution is -0.161. The summed E-state index contributed by atoms with van der Waals surface area (Å²) in [5.41, 5.74) is 0. The molecule has 0 aliphatic heterocycles. The van der Waals surface area contributed by atoms with Crippen molar-refractivity contribution in [1.29, 1.82) is 0 Å². The summed E-state index contributed by atoms with van der Waals surface area (Å²) in [4.78, 5) is 72.5. The number of aliphatic hydroxyl groups excluding tert-OH is 1. The van der Waals surface area contributed by atoms with Gasteiger partial charge >= 0.3 is 39.5 Å². The fourth-order valence-electron chi connectivity index (χ4n) is 10.2. The second-order valence-corrected chi connectivity index (χ2v) is 29.3. The molecule has 0 radical (unpaired) electrons. The molecule has 0 rings (SSSR count). The number of rotatable bonds is 66. The first-order chi connectivity index (χ1) is 42.2. The average molecular weight is 1300 g/mol. The fourth-order valence-corrected chi connectivity index (χ4v) is 11.8. The normalized spacial score (nSPS) is 14.9. The van der Waals surface area contributed by atoms with Crippen LogP contribution >= 0.6 is 15.6 Å². The Balaban J connectivity index is 5.24. The highest BCUT2D eigenvalue weighted by molar-refractivity contribution is 7.47. The van der Waals surface area contributed by atoms with Gasteiger partial charge in [-0.3, -0.25) is 37.3 Å². The summed E-state index contributed by atoms with van der Waals surface area (Å²) in [5.74, 6) is 0.851. The molecule has 0 amide bonds. The monoisotopic (exact) mass is 1300 g/mol. The van der Waals surface area contributed by atoms with Crippen molar-refractivity contribution in [2.75, 3.05) is 39.6 Å². The molecular formula is C69H134O17P2. The third-order valence-electron chi connectivity index (χ3n) is 16.5. The lowest BCUT2D eigenvalue weighted by Crippen LogP contribution is -2.30. The molecule has 0 bridgehead atoms. The highest BCUT2D eigenvalue weighted by Crippen LogP contribution is 2.45. The number of phosphoric acid groups is 2. The van der Waals surface area contributed by atoms with E-state index in [2.05, 4.69) is 55.4 Å². The first kappa shape index (κ1) is 86.1. The van der Waals surface area contributed by atoms with Crippen LogP contribution in [0.15, 0.2) is 0 Å². The van der Waals surface area contributed by atoms with Gasteiger partial charge in [0, 0.05) is 25.7 Å². The molecule has 0 aromatic carbocycles. The van der Waals surface area contributed by atoms with Crippen LogP contribution in [0.25, 0.3) is 0 Å². The Morgan fingerprint density at radius 2 is 0.545 bits per heavy atom. The lowest BCUT2D eigenvalue weighted by Gasteiger charge is -2.21. The number of hydrogen-bond donors (Lipinski definition) is 3. The summed E-state index contributed by atoms with van der Waals surface area (Å²) in [6.07, 6.45) is 40.4. The minimum absolute atomic E-state index is 0.102. The second kappa shape index (κ2) is 58.8. The minimum Gasteiger partial charge on any atom is -0.462 e. The number of hydrogen-bond acceptors (Lipinski definition) is 15. The number of esters is 4. The van der Waals surface area contributed by atoms with Crippen molar-refractivity contribution in [3.05, 3.63) is 0 Å². The van der Waals surface area contributed by atoms with Gasteiger partial charge in [-0.2, -0.15) is 0 Å². The van der Waals surface area contributed by atoms with E-state index >= 15 is 0 Å². The zero-order valence-corrected chi connectivity index (χ0v) is 59.1. The zero-order valence-electron chi connectivity index (χ0n) is 57.3. The first-order valence-corrected chi connectivity index (χ1v) is 38.8. The molecule has 0 heterocycles. The molecule has 0 saturated heterocycles. The van der Waals surface area contributed by atoms with Crippen molar-refractivity contribution >= 4 is 39.5 Å². The van der Waals surface area contributed by atoms with Crippen LogP contribution in [0.4, 0.5) is 0 Å². The molecule has 0 aliphatic carbocycles. The largest absolute Gasteiger partial charge is 0.472 e. The highest BCUT2D eigenvalue weighted by atomic mass is 31.2. The minimum atomic E-state index is -4.95. The quantitative estimate of drug-likeness (QED) is 0.0222.